The molecule has 0 aromatic heterocycles. The van der Waals surface area contributed by atoms with Crippen molar-refractivity contribution in [1.82, 2.24) is 0 Å². The van der Waals surface area contributed by atoms with Crippen molar-refractivity contribution >= 4 is 12.1 Å². The monoisotopic (exact) mass is 110 g/mol. The average Bonchev–Trinajstić information content (AvgIpc) is 1.86. The van der Waals surface area contributed by atoms with E-state index in [2.05, 4.69) is 23.8 Å². The van der Waals surface area contributed by atoms with Crippen LogP contribution in [0.1, 0.15) is 20.8 Å². The Morgan fingerprint density at radius 1 is 1.50 bits per heavy atom. The predicted molar refractivity (Wildman–Crippen MR) is 35.7 cm³/mol. The summed E-state index contributed by atoms with van der Waals surface area (Å²) in [4.78, 5) is 8.13. The maximum absolute atomic E-state index is 4.12. The number of hydrogen-bond donors (Lipinski definition) is 0. The number of aliphatic imine (C=N–C) groups is 2. The van der Waals surface area contributed by atoms with Crippen molar-refractivity contribution in [2.24, 2.45) is 9.98 Å². The number of hydrogen-bond acceptors (Lipinski definition) is 2. The van der Waals surface area contributed by atoms with Crippen molar-refractivity contribution in [2.45, 2.75) is 26.3 Å². The third kappa shape index (κ3) is 0.661. The quantitative estimate of drug-likeness (QED) is 0.448. The molecule has 1 rings (SSSR count). The minimum Gasteiger partial charge on any atom is -0.261 e. The predicted octanol–water partition coefficient (Wildman–Crippen LogP) is 1.27. The molecule has 0 fully saturated rings. The minimum atomic E-state index is -0.0278. The van der Waals surface area contributed by atoms with Crippen LogP contribution in [0.2, 0.25) is 0 Å². The second-order valence-corrected chi connectivity index (χ2v) is 2.52. The standard InChI is InChI=1S/C6H10N2/c1-5-6(2,3)8-4-7-5/h4H,1-3H3. The van der Waals surface area contributed by atoms with Gasteiger partial charge in [-0.15, -0.1) is 0 Å². The highest BCUT2D eigenvalue weighted by molar-refractivity contribution is 6.00. The van der Waals surface area contributed by atoms with Gasteiger partial charge >= 0.3 is 0 Å². The highest BCUT2D eigenvalue weighted by Gasteiger charge is 2.21. The van der Waals surface area contributed by atoms with E-state index >= 15 is 0 Å². The van der Waals surface area contributed by atoms with Gasteiger partial charge in [0, 0.05) is 5.71 Å². The SMILES string of the molecule is CC1=NC=NC1(C)C. The molecule has 1 aliphatic rings. The largest absolute Gasteiger partial charge is 0.261 e. The smallest absolute Gasteiger partial charge is 0.111 e. The van der Waals surface area contributed by atoms with Crippen LogP contribution in [0, 0.1) is 0 Å². The lowest BCUT2D eigenvalue weighted by Crippen LogP contribution is -2.22. The van der Waals surface area contributed by atoms with Crippen LogP contribution in [-0.4, -0.2) is 17.6 Å². The van der Waals surface area contributed by atoms with E-state index in [0.717, 1.165) is 5.71 Å². The van der Waals surface area contributed by atoms with Crippen LogP contribution in [0.3, 0.4) is 0 Å². The van der Waals surface area contributed by atoms with Gasteiger partial charge in [0.05, 0.1) is 5.54 Å². The van der Waals surface area contributed by atoms with Crippen molar-refractivity contribution in [3.63, 3.8) is 0 Å². The van der Waals surface area contributed by atoms with Gasteiger partial charge in [-0.05, 0) is 20.8 Å². The molecule has 0 saturated carbocycles. The Morgan fingerprint density at radius 2 is 2.12 bits per heavy atom. The van der Waals surface area contributed by atoms with Crippen LogP contribution in [0.15, 0.2) is 9.98 Å². The van der Waals surface area contributed by atoms with Gasteiger partial charge in [-0.1, -0.05) is 0 Å². The van der Waals surface area contributed by atoms with Gasteiger partial charge in [-0.25, -0.2) is 4.99 Å². The van der Waals surface area contributed by atoms with Crippen LogP contribution in [0.4, 0.5) is 0 Å². The van der Waals surface area contributed by atoms with E-state index in [1.165, 1.54) is 0 Å². The molecule has 0 aliphatic carbocycles. The van der Waals surface area contributed by atoms with E-state index in [4.69, 9.17) is 0 Å². The fourth-order valence-electron chi connectivity index (χ4n) is 0.511. The maximum Gasteiger partial charge on any atom is 0.111 e. The first-order chi connectivity index (χ1) is 3.63. The van der Waals surface area contributed by atoms with Crippen LogP contribution >= 0.6 is 0 Å². The Labute approximate surface area is 49.3 Å². The van der Waals surface area contributed by atoms with Crippen molar-refractivity contribution < 1.29 is 0 Å². The summed E-state index contributed by atoms with van der Waals surface area (Å²) in [7, 11) is 0. The van der Waals surface area contributed by atoms with Gasteiger partial charge in [0.15, 0.2) is 0 Å². The molecule has 0 radical (unpaired) electrons. The molecule has 0 amide bonds. The van der Waals surface area contributed by atoms with Gasteiger partial charge in [-0.2, -0.15) is 0 Å². The molecular formula is C6H10N2. The molecule has 8 heavy (non-hydrogen) atoms. The Kier molecular flexibility index (Phi) is 0.962. The van der Waals surface area contributed by atoms with Gasteiger partial charge < -0.3 is 0 Å². The first kappa shape index (κ1) is 5.48. The topological polar surface area (TPSA) is 24.7 Å². The van der Waals surface area contributed by atoms with Gasteiger partial charge in [0.1, 0.15) is 6.34 Å². The Hall–Kier alpha value is -0.660. The lowest BCUT2D eigenvalue weighted by Gasteiger charge is -2.12. The molecule has 0 saturated heterocycles. The third-order valence-electron chi connectivity index (χ3n) is 1.52. The summed E-state index contributed by atoms with van der Waals surface area (Å²) in [5.74, 6) is 0. The van der Waals surface area contributed by atoms with Crippen molar-refractivity contribution in [2.75, 3.05) is 0 Å². The normalized spacial score (nSPS) is 23.6. The number of rotatable bonds is 0. The lowest BCUT2D eigenvalue weighted by molar-refractivity contribution is 0.715. The zero-order chi connectivity index (χ0) is 6.20. The molecule has 0 atom stereocenters. The van der Waals surface area contributed by atoms with E-state index in [1.54, 1.807) is 6.34 Å². The molecule has 0 spiro atoms. The summed E-state index contributed by atoms with van der Waals surface area (Å²) >= 11 is 0. The Balaban J connectivity index is 2.87. The highest BCUT2D eigenvalue weighted by Crippen LogP contribution is 2.14. The van der Waals surface area contributed by atoms with Crippen molar-refractivity contribution in [3.05, 3.63) is 0 Å². The molecule has 1 heterocycles. The summed E-state index contributed by atoms with van der Waals surface area (Å²) in [6, 6.07) is 0. The van der Waals surface area contributed by atoms with E-state index in [-0.39, 0.29) is 5.54 Å². The summed E-state index contributed by atoms with van der Waals surface area (Å²) in [6.07, 6.45) is 1.62. The van der Waals surface area contributed by atoms with Crippen LogP contribution < -0.4 is 0 Å². The Morgan fingerprint density at radius 3 is 2.25 bits per heavy atom. The summed E-state index contributed by atoms with van der Waals surface area (Å²) in [6.45, 7) is 6.09. The Bertz CT molecular complexity index is 154. The second-order valence-electron chi connectivity index (χ2n) is 2.52. The molecule has 2 heteroatoms. The van der Waals surface area contributed by atoms with Gasteiger partial charge in [0.25, 0.3) is 0 Å². The molecular weight excluding hydrogens is 100 g/mol. The zero-order valence-electron chi connectivity index (χ0n) is 5.47. The minimum absolute atomic E-state index is 0.0278. The molecule has 0 aromatic rings. The summed E-state index contributed by atoms with van der Waals surface area (Å²) in [5, 5.41) is 0. The molecule has 0 aromatic carbocycles. The fraction of sp³-hybridized carbons (Fsp3) is 0.667. The molecule has 1 aliphatic heterocycles. The van der Waals surface area contributed by atoms with Crippen molar-refractivity contribution in [3.8, 4) is 0 Å². The molecule has 0 unspecified atom stereocenters. The molecule has 2 nitrogen and oxygen atoms in total. The van der Waals surface area contributed by atoms with Gasteiger partial charge in [0.2, 0.25) is 0 Å². The van der Waals surface area contributed by atoms with E-state index in [9.17, 15) is 0 Å². The van der Waals surface area contributed by atoms with E-state index in [1.807, 2.05) is 6.92 Å². The van der Waals surface area contributed by atoms with Crippen molar-refractivity contribution in [1.29, 1.82) is 0 Å². The van der Waals surface area contributed by atoms with Crippen LogP contribution in [0.5, 0.6) is 0 Å². The molecule has 0 bridgehead atoms. The van der Waals surface area contributed by atoms with Crippen LogP contribution in [-0.2, 0) is 0 Å². The third-order valence-corrected chi connectivity index (χ3v) is 1.52. The first-order valence-electron chi connectivity index (χ1n) is 2.71. The van der Waals surface area contributed by atoms with E-state index in [0.29, 0.717) is 0 Å². The molecule has 0 N–H and O–H groups in total. The fourth-order valence-corrected chi connectivity index (χ4v) is 0.511. The summed E-state index contributed by atoms with van der Waals surface area (Å²) < 4.78 is 0. The first-order valence-corrected chi connectivity index (χ1v) is 2.71. The zero-order valence-corrected chi connectivity index (χ0v) is 5.47. The average molecular weight is 110 g/mol. The lowest BCUT2D eigenvalue weighted by atomic mass is 10.0. The van der Waals surface area contributed by atoms with Gasteiger partial charge in [-0.3, -0.25) is 4.99 Å². The second kappa shape index (κ2) is 1.41. The highest BCUT2D eigenvalue weighted by atomic mass is 15.0. The number of nitrogens with zero attached hydrogens (tertiary/aromatic N) is 2. The maximum atomic E-state index is 4.12. The van der Waals surface area contributed by atoms with Crippen LogP contribution in [0.25, 0.3) is 0 Å². The molecule has 44 valence electrons. The van der Waals surface area contributed by atoms with E-state index < -0.39 is 0 Å². The summed E-state index contributed by atoms with van der Waals surface area (Å²) in [5.41, 5.74) is 1.07.